The number of allylic oxidation sites excluding steroid dienone is 2. The van der Waals surface area contributed by atoms with Gasteiger partial charge >= 0.3 is 0 Å². The predicted molar refractivity (Wildman–Crippen MR) is 71.2 cm³/mol. The van der Waals surface area contributed by atoms with E-state index in [0.717, 1.165) is 23.3 Å². The van der Waals surface area contributed by atoms with Crippen molar-refractivity contribution in [2.75, 3.05) is 20.2 Å². The van der Waals surface area contributed by atoms with Crippen molar-refractivity contribution in [2.45, 2.75) is 32.7 Å². The number of ether oxygens (including phenoxy) is 1. The van der Waals surface area contributed by atoms with Crippen molar-refractivity contribution in [1.29, 1.82) is 0 Å². The number of piperidine rings is 1. The lowest BCUT2D eigenvalue weighted by Gasteiger charge is -2.30. The van der Waals surface area contributed by atoms with Crippen LogP contribution in [0.2, 0.25) is 0 Å². The average molecular weight is 264 g/mol. The SMILES string of the molecule is CC=C1C(=O)N(C2CCC(=O)NC2)CC1=C(C)OC. The second kappa shape index (κ2) is 5.47. The molecule has 19 heavy (non-hydrogen) atoms. The highest BCUT2D eigenvalue weighted by Gasteiger charge is 2.37. The van der Waals surface area contributed by atoms with Crippen molar-refractivity contribution in [3.05, 3.63) is 23.0 Å². The maximum atomic E-state index is 12.4. The predicted octanol–water partition coefficient (Wildman–Crippen LogP) is 0.974. The second-order valence-electron chi connectivity index (χ2n) is 4.87. The lowest BCUT2D eigenvalue weighted by atomic mass is 10.1. The molecule has 104 valence electrons. The molecule has 2 saturated heterocycles. The Morgan fingerprint density at radius 2 is 2.21 bits per heavy atom. The fourth-order valence-electron chi connectivity index (χ4n) is 2.61. The summed E-state index contributed by atoms with van der Waals surface area (Å²) in [7, 11) is 1.61. The molecule has 0 aromatic heterocycles. The molecule has 5 nitrogen and oxygen atoms in total. The van der Waals surface area contributed by atoms with Crippen LogP contribution in [-0.4, -0.2) is 43.0 Å². The van der Waals surface area contributed by atoms with Crippen LogP contribution in [0.1, 0.15) is 26.7 Å². The van der Waals surface area contributed by atoms with Crippen molar-refractivity contribution < 1.29 is 14.3 Å². The quantitative estimate of drug-likeness (QED) is 0.597. The van der Waals surface area contributed by atoms with Gasteiger partial charge in [-0.1, -0.05) is 6.08 Å². The van der Waals surface area contributed by atoms with Gasteiger partial charge < -0.3 is 15.0 Å². The Hall–Kier alpha value is -1.78. The Kier molecular flexibility index (Phi) is 3.93. The lowest BCUT2D eigenvalue weighted by Crippen LogP contribution is -2.48. The van der Waals surface area contributed by atoms with E-state index < -0.39 is 0 Å². The molecule has 2 amide bonds. The van der Waals surface area contributed by atoms with Crippen LogP contribution < -0.4 is 5.32 Å². The van der Waals surface area contributed by atoms with E-state index in [9.17, 15) is 9.59 Å². The molecule has 2 aliphatic heterocycles. The molecule has 5 heteroatoms. The number of carbonyl (C=O) groups excluding carboxylic acids is 2. The van der Waals surface area contributed by atoms with Gasteiger partial charge in [0.2, 0.25) is 5.91 Å². The minimum atomic E-state index is 0.0371. The Morgan fingerprint density at radius 3 is 2.74 bits per heavy atom. The normalized spacial score (nSPS) is 28.7. The van der Waals surface area contributed by atoms with Crippen LogP contribution in [0.4, 0.5) is 0 Å². The van der Waals surface area contributed by atoms with E-state index >= 15 is 0 Å². The molecule has 0 bridgehead atoms. The highest BCUT2D eigenvalue weighted by molar-refractivity contribution is 6.01. The highest BCUT2D eigenvalue weighted by Crippen LogP contribution is 2.29. The summed E-state index contributed by atoms with van der Waals surface area (Å²) in [6.07, 6.45) is 3.05. The van der Waals surface area contributed by atoms with Crippen molar-refractivity contribution in [2.24, 2.45) is 0 Å². The number of carbonyl (C=O) groups is 2. The number of rotatable bonds is 2. The number of hydrogen-bond donors (Lipinski definition) is 1. The van der Waals surface area contributed by atoms with E-state index in [-0.39, 0.29) is 17.9 Å². The van der Waals surface area contributed by atoms with Gasteiger partial charge in [-0.25, -0.2) is 0 Å². The van der Waals surface area contributed by atoms with Gasteiger partial charge in [0.1, 0.15) is 0 Å². The highest BCUT2D eigenvalue weighted by atomic mass is 16.5. The van der Waals surface area contributed by atoms with Gasteiger partial charge in [-0.3, -0.25) is 9.59 Å². The van der Waals surface area contributed by atoms with E-state index in [2.05, 4.69) is 5.32 Å². The van der Waals surface area contributed by atoms with Gasteiger partial charge in [0, 0.05) is 24.1 Å². The molecule has 2 heterocycles. The number of nitrogens with zero attached hydrogens (tertiary/aromatic N) is 1. The maximum absolute atomic E-state index is 12.4. The van der Waals surface area contributed by atoms with E-state index in [1.165, 1.54) is 0 Å². The number of amides is 2. The van der Waals surface area contributed by atoms with Crippen molar-refractivity contribution in [3.63, 3.8) is 0 Å². The molecule has 2 fully saturated rings. The molecule has 2 aliphatic rings. The standard InChI is InChI=1S/C14H20N2O3/c1-4-11-12(9(2)19-3)8-16(14(11)18)10-5-6-13(17)15-7-10/h4,10H,5-8H2,1-3H3,(H,15,17). The van der Waals surface area contributed by atoms with E-state index in [1.807, 2.05) is 24.8 Å². The molecule has 1 N–H and O–H groups in total. The summed E-state index contributed by atoms with van der Waals surface area (Å²) in [6.45, 7) is 4.85. The van der Waals surface area contributed by atoms with E-state index in [0.29, 0.717) is 19.5 Å². The zero-order chi connectivity index (χ0) is 14.0. The monoisotopic (exact) mass is 264 g/mol. The summed E-state index contributed by atoms with van der Waals surface area (Å²) in [6, 6.07) is 0.0855. The minimum Gasteiger partial charge on any atom is -0.501 e. The van der Waals surface area contributed by atoms with E-state index in [4.69, 9.17) is 4.74 Å². The van der Waals surface area contributed by atoms with Gasteiger partial charge in [0.25, 0.3) is 5.91 Å². The van der Waals surface area contributed by atoms with Gasteiger partial charge in [-0.2, -0.15) is 0 Å². The van der Waals surface area contributed by atoms with Gasteiger partial charge in [0.05, 0.1) is 25.5 Å². The molecule has 1 unspecified atom stereocenters. The minimum absolute atomic E-state index is 0.0371. The molecule has 0 spiro atoms. The molecule has 0 aromatic rings. The third-order valence-electron chi connectivity index (χ3n) is 3.84. The Balaban J connectivity index is 2.21. The first-order valence-corrected chi connectivity index (χ1v) is 6.56. The fraction of sp³-hybridized carbons (Fsp3) is 0.571. The summed E-state index contributed by atoms with van der Waals surface area (Å²) in [5.74, 6) is 0.886. The lowest BCUT2D eigenvalue weighted by molar-refractivity contribution is -0.130. The number of likely N-dealkylation sites (tertiary alicyclic amines) is 1. The summed E-state index contributed by atoms with van der Waals surface area (Å²) in [4.78, 5) is 25.4. The average Bonchev–Trinajstić information content (AvgIpc) is 2.76. The number of nitrogens with one attached hydrogen (secondary N) is 1. The second-order valence-corrected chi connectivity index (χ2v) is 4.87. The first-order valence-electron chi connectivity index (χ1n) is 6.56. The largest absolute Gasteiger partial charge is 0.501 e. The van der Waals surface area contributed by atoms with Crippen LogP contribution in [0.5, 0.6) is 0 Å². The van der Waals surface area contributed by atoms with E-state index in [1.54, 1.807) is 7.11 Å². The zero-order valence-corrected chi connectivity index (χ0v) is 11.7. The summed E-state index contributed by atoms with van der Waals surface area (Å²) < 4.78 is 5.26. The van der Waals surface area contributed by atoms with Gasteiger partial charge in [0.15, 0.2) is 0 Å². The topological polar surface area (TPSA) is 58.6 Å². The van der Waals surface area contributed by atoms with Crippen LogP contribution in [-0.2, 0) is 14.3 Å². The van der Waals surface area contributed by atoms with Crippen molar-refractivity contribution >= 4 is 11.8 Å². The Bertz CT molecular complexity index is 455. The van der Waals surface area contributed by atoms with Crippen molar-refractivity contribution in [1.82, 2.24) is 10.2 Å². The summed E-state index contributed by atoms with van der Waals surface area (Å²) >= 11 is 0. The summed E-state index contributed by atoms with van der Waals surface area (Å²) in [5.41, 5.74) is 1.67. The zero-order valence-electron chi connectivity index (χ0n) is 11.7. The Labute approximate surface area is 113 Å². The summed E-state index contributed by atoms with van der Waals surface area (Å²) in [5, 5.41) is 2.82. The van der Waals surface area contributed by atoms with Crippen LogP contribution in [0.3, 0.4) is 0 Å². The molecule has 2 rings (SSSR count). The molecular formula is C14H20N2O3. The van der Waals surface area contributed by atoms with Gasteiger partial charge in [-0.05, 0) is 20.3 Å². The smallest absolute Gasteiger partial charge is 0.254 e. The van der Waals surface area contributed by atoms with Crippen LogP contribution >= 0.6 is 0 Å². The molecule has 0 aromatic carbocycles. The first kappa shape index (κ1) is 13.6. The van der Waals surface area contributed by atoms with Crippen LogP contribution in [0, 0.1) is 0 Å². The van der Waals surface area contributed by atoms with Crippen LogP contribution in [0.25, 0.3) is 0 Å². The maximum Gasteiger partial charge on any atom is 0.254 e. The number of methoxy groups -OCH3 is 1. The molecular weight excluding hydrogens is 244 g/mol. The van der Waals surface area contributed by atoms with Gasteiger partial charge in [-0.15, -0.1) is 0 Å². The third-order valence-corrected chi connectivity index (χ3v) is 3.84. The Morgan fingerprint density at radius 1 is 1.47 bits per heavy atom. The molecule has 0 radical (unpaired) electrons. The third kappa shape index (κ3) is 2.50. The number of hydrogen-bond acceptors (Lipinski definition) is 3. The molecule has 1 atom stereocenters. The molecule has 0 saturated carbocycles. The fourth-order valence-corrected chi connectivity index (χ4v) is 2.61. The first-order chi connectivity index (χ1) is 9.08. The van der Waals surface area contributed by atoms with Crippen LogP contribution in [0.15, 0.2) is 23.0 Å². The van der Waals surface area contributed by atoms with Crippen molar-refractivity contribution in [3.8, 4) is 0 Å². The molecule has 0 aliphatic carbocycles.